The minimum Gasteiger partial charge on any atom is -0.354 e. The Kier molecular flexibility index (Phi) is 5.33. The van der Waals surface area contributed by atoms with Crippen LogP contribution in [0.5, 0.6) is 0 Å². The summed E-state index contributed by atoms with van der Waals surface area (Å²) in [6.45, 7) is 4.74. The lowest BCUT2D eigenvalue weighted by atomic mass is 10.1. The summed E-state index contributed by atoms with van der Waals surface area (Å²) in [6, 6.07) is 20.1. The van der Waals surface area contributed by atoms with E-state index in [1.54, 1.807) is 0 Å². The fourth-order valence-corrected chi connectivity index (χ4v) is 3.74. The molecular weight excluding hydrogens is 360 g/mol. The van der Waals surface area contributed by atoms with Gasteiger partial charge in [-0.2, -0.15) is 0 Å². The largest absolute Gasteiger partial charge is 0.354 e. The summed E-state index contributed by atoms with van der Waals surface area (Å²) in [4.78, 5) is 9.56. The van der Waals surface area contributed by atoms with E-state index in [1.165, 1.54) is 10.9 Å². The standard InChI is InChI=1S/C20H22N4O2S/c25-27(26)22-18-8-5-16(6-9-18)15-23-11-13-24(14-12-23)20-10-7-17-3-1-2-4-19(17)21-20/h1-10,22H,11-15H2,(H,25,26). The van der Waals surface area contributed by atoms with Gasteiger partial charge in [0, 0.05) is 43.8 Å². The number of hydrogen-bond acceptors (Lipinski definition) is 4. The Morgan fingerprint density at radius 3 is 2.44 bits per heavy atom. The van der Waals surface area contributed by atoms with Gasteiger partial charge in [0.15, 0.2) is 0 Å². The average Bonchev–Trinajstić information content (AvgIpc) is 2.69. The summed E-state index contributed by atoms with van der Waals surface area (Å²) >= 11 is -2.03. The highest BCUT2D eigenvalue weighted by atomic mass is 32.2. The SMILES string of the molecule is O=S(O)Nc1ccc(CN2CCN(c3ccc4ccccc4n3)CC2)cc1. The molecule has 2 heterocycles. The van der Waals surface area contributed by atoms with Crippen molar-refractivity contribution in [1.82, 2.24) is 9.88 Å². The number of anilines is 2. The Labute approximate surface area is 161 Å². The van der Waals surface area contributed by atoms with Gasteiger partial charge in [0.2, 0.25) is 0 Å². The van der Waals surface area contributed by atoms with Crippen molar-refractivity contribution in [3.8, 4) is 0 Å². The van der Waals surface area contributed by atoms with Crippen molar-refractivity contribution in [2.45, 2.75) is 6.54 Å². The molecule has 0 radical (unpaired) electrons. The van der Waals surface area contributed by atoms with Crippen molar-refractivity contribution in [3.05, 3.63) is 66.2 Å². The van der Waals surface area contributed by atoms with Crippen LogP contribution in [0.1, 0.15) is 5.56 Å². The third kappa shape index (κ3) is 4.44. The van der Waals surface area contributed by atoms with Crippen LogP contribution in [0, 0.1) is 0 Å². The number of aromatic nitrogens is 1. The number of piperazine rings is 1. The Balaban J connectivity index is 1.35. The third-order valence-electron chi connectivity index (χ3n) is 4.85. The minimum atomic E-state index is -2.03. The van der Waals surface area contributed by atoms with Gasteiger partial charge < -0.3 is 4.90 Å². The van der Waals surface area contributed by atoms with Gasteiger partial charge in [-0.05, 0) is 35.9 Å². The molecule has 27 heavy (non-hydrogen) atoms. The molecule has 6 nitrogen and oxygen atoms in total. The maximum absolute atomic E-state index is 10.8. The first-order chi connectivity index (χ1) is 13.2. The number of nitrogens with zero attached hydrogens (tertiary/aromatic N) is 3. The lowest BCUT2D eigenvalue weighted by Gasteiger charge is -2.35. The summed E-state index contributed by atoms with van der Waals surface area (Å²) in [5, 5.41) is 1.17. The highest BCUT2D eigenvalue weighted by molar-refractivity contribution is 7.80. The highest BCUT2D eigenvalue weighted by Crippen LogP contribution is 2.20. The van der Waals surface area contributed by atoms with Crippen molar-refractivity contribution in [1.29, 1.82) is 0 Å². The number of fused-ring (bicyclic) bond motifs is 1. The minimum absolute atomic E-state index is 0.645. The zero-order valence-electron chi connectivity index (χ0n) is 14.9. The highest BCUT2D eigenvalue weighted by Gasteiger charge is 2.18. The molecule has 1 aliphatic rings. The first-order valence-electron chi connectivity index (χ1n) is 8.97. The lowest BCUT2D eigenvalue weighted by molar-refractivity contribution is 0.249. The molecule has 2 N–H and O–H groups in total. The number of hydrogen-bond donors (Lipinski definition) is 2. The van der Waals surface area contributed by atoms with E-state index in [4.69, 9.17) is 9.54 Å². The predicted molar refractivity (Wildman–Crippen MR) is 110 cm³/mol. The van der Waals surface area contributed by atoms with Gasteiger partial charge in [-0.25, -0.2) is 9.19 Å². The van der Waals surface area contributed by atoms with Crippen molar-refractivity contribution >= 4 is 33.7 Å². The zero-order chi connectivity index (χ0) is 18.6. The van der Waals surface area contributed by atoms with Crippen LogP contribution >= 0.6 is 0 Å². The predicted octanol–water partition coefficient (Wildman–Crippen LogP) is 3.11. The fraction of sp³-hybridized carbons (Fsp3) is 0.250. The molecule has 1 fully saturated rings. The topological polar surface area (TPSA) is 68.7 Å². The Hall–Kier alpha value is -2.48. The Morgan fingerprint density at radius 1 is 0.963 bits per heavy atom. The number of pyridine rings is 1. The van der Waals surface area contributed by atoms with Gasteiger partial charge >= 0.3 is 0 Å². The molecule has 0 bridgehead atoms. The molecule has 1 unspecified atom stereocenters. The third-order valence-corrected chi connectivity index (χ3v) is 5.26. The van der Waals surface area contributed by atoms with Crippen molar-refractivity contribution in [2.24, 2.45) is 0 Å². The summed E-state index contributed by atoms with van der Waals surface area (Å²) in [5.41, 5.74) is 2.88. The first-order valence-corrected chi connectivity index (χ1v) is 10.1. The average molecular weight is 382 g/mol. The van der Waals surface area contributed by atoms with Crippen LogP contribution in [0.4, 0.5) is 11.5 Å². The molecule has 3 aromatic rings. The smallest absolute Gasteiger partial charge is 0.259 e. The normalized spacial score (nSPS) is 16.4. The van der Waals surface area contributed by atoms with E-state index in [2.05, 4.69) is 38.8 Å². The maximum atomic E-state index is 10.8. The fourth-order valence-electron chi connectivity index (χ4n) is 3.40. The van der Waals surface area contributed by atoms with E-state index in [0.717, 1.165) is 44.1 Å². The molecule has 7 heteroatoms. The molecule has 1 atom stereocenters. The molecule has 0 amide bonds. The second kappa shape index (κ2) is 8.04. The Morgan fingerprint density at radius 2 is 1.70 bits per heavy atom. The van der Waals surface area contributed by atoms with Crippen molar-refractivity contribution < 1.29 is 8.76 Å². The summed E-state index contributed by atoms with van der Waals surface area (Å²) in [7, 11) is 0. The van der Waals surface area contributed by atoms with Crippen molar-refractivity contribution in [2.75, 3.05) is 35.8 Å². The Bertz CT molecular complexity index is 940. The van der Waals surface area contributed by atoms with Gasteiger partial charge in [0.1, 0.15) is 5.82 Å². The van der Waals surface area contributed by atoms with Crippen molar-refractivity contribution in [3.63, 3.8) is 0 Å². The van der Waals surface area contributed by atoms with E-state index in [1.807, 2.05) is 36.4 Å². The monoisotopic (exact) mass is 382 g/mol. The molecule has 1 aromatic heterocycles. The molecule has 0 saturated carbocycles. The molecule has 4 rings (SSSR count). The molecule has 0 aliphatic carbocycles. The van der Waals surface area contributed by atoms with Gasteiger partial charge in [-0.3, -0.25) is 14.2 Å². The summed E-state index contributed by atoms with van der Waals surface area (Å²) < 4.78 is 22.1. The van der Waals surface area contributed by atoms with Crippen LogP contribution in [-0.4, -0.2) is 44.8 Å². The second-order valence-corrected chi connectivity index (χ2v) is 7.38. The number of para-hydroxylation sites is 1. The maximum Gasteiger partial charge on any atom is 0.259 e. The van der Waals surface area contributed by atoms with E-state index >= 15 is 0 Å². The summed E-state index contributed by atoms with van der Waals surface area (Å²) in [6.07, 6.45) is 0. The van der Waals surface area contributed by atoms with Crippen LogP contribution < -0.4 is 9.62 Å². The molecule has 140 valence electrons. The number of nitrogens with one attached hydrogen (secondary N) is 1. The summed E-state index contributed by atoms with van der Waals surface area (Å²) in [5.74, 6) is 1.04. The molecular formula is C20H22N4O2S. The number of benzene rings is 2. The lowest BCUT2D eigenvalue weighted by Crippen LogP contribution is -2.46. The van der Waals surface area contributed by atoms with E-state index < -0.39 is 11.3 Å². The van der Waals surface area contributed by atoms with Crippen LogP contribution in [0.15, 0.2) is 60.7 Å². The van der Waals surface area contributed by atoms with Gasteiger partial charge in [-0.15, -0.1) is 0 Å². The molecule has 2 aromatic carbocycles. The van der Waals surface area contributed by atoms with Gasteiger partial charge in [-0.1, -0.05) is 30.3 Å². The zero-order valence-corrected chi connectivity index (χ0v) is 15.7. The quantitative estimate of drug-likeness (QED) is 0.664. The molecule has 1 aliphatic heterocycles. The molecule has 1 saturated heterocycles. The van der Waals surface area contributed by atoms with E-state index in [0.29, 0.717) is 5.69 Å². The van der Waals surface area contributed by atoms with Crippen LogP contribution in [0.3, 0.4) is 0 Å². The van der Waals surface area contributed by atoms with E-state index in [-0.39, 0.29) is 0 Å². The first kappa shape index (κ1) is 17.9. The molecule has 0 spiro atoms. The van der Waals surface area contributed by atoms with Crippen LogP contribution in [-0.2, 0) is 17.8 Å². The van der Waals surface area contributed by atoms with Crippen LogP contribution in [0.2, 0.25) is 0 Å². The second-order valence-electron chi connectivity index (χ2n) is 6.67. The van der Waals surface area contributed by atoms with Gasteiger partial charge in [0.25, 0.3) is 11.3 Å². The van der Waals surface area contributed by atoms with Crippen LogP contribution in [0.25, 0.3) is 10.9 Å². The number of rotatable bonds is 5. The van der Waals surface area contributed by atoms with E-state index in [9.17, 15) is 4.21 Å². The van der Waals surface area contributed by atoms with Gasteiger partial charge in [0.05, 0.1) is 5.52 Å².